The van der Waals surface area contributed by atoms with E-state index in [2.05, 4.69) is 43.4 Å². The number of rotatable bonds is 5. The van der Waals surface area contributed by atoms with Crippen molar-refractivity contribution in [3.63, 3.8) is 0 Å². The molecule has 0 aromatic heterocycles. The molecule has 0 spiro atoms. The van der Waals surface area contributed by atoms with Crippen molar-refractivity contribution in [1.82, 2.24) is 5.32 Å². The zero-order valence-corrected chi connectivity index (χ0v) is 14.2. The van der Waals surface area contributed by atoms with Crippen molar-refractivity contribution in [2.75, 3.05) is 0 Å². The summed E-state index contributed by atoms with van der Waals surface area (Å²) in [6.07, 6.45) is 1.08. The van der Waals surface area contributed by atoms with Crippen molar-refractivity contribution in [3.8, 4) is 0 Å². The molecule has 21 heavy (non-hydrogen) atoms. The van der Waals surface area contributed by atoms with E-state index in [1.807, 2.05) is 27.7 Å². The summed E-state index contributed by atoms with van der Waals surface area (Å²) in [5, 5.41) is 3.00. The Kier molecular flexibility index (Phi) is 5.97. The molecular weight excluding hydrogens is 260 g/mol. The Morgan fingerprint density at radius 3 is 2.10 bits per heavy atom. The van der Waals surface area contributed by atoms with Crippen LogP contribution in [-0.2, 0) is 11.2 Å². The van der Waals surface area contributed by atoms with E-state index in [4.69, 9.17) is 5.73 Å². The fourth-order valence-electron chi connectivity index (χ4n) is 2.19. The minimum absolute atomic E-state index is 0.0287. The molecule has 1 aromatic rings. The quantitative estimate of drug-likeness (QED) is 0.873. The number of carbonyl (C=O) groups is 1. The number of nitrogens with one attached hydrogen (secondary N) is 1. The predicted octanol–water partition coefficient (Wildman–Crippen LogP) is 3.44. The maximum atomic E-state index is 12.1. The molecule has 3 N–H and O–H groups in total. The van der Waals surface area contributed by atoms with E-state index in [1.165, 1.54) is 5.56 Å². The molecular formula is C18H30N2O. The minimum atomic E-state index is -0.500. The van der Waals surface area contributed by atoms with Crippen LogP contribution < -0.4 is 11.1 Å². The van der Waals surface area contributed by atoms with Gasteiger partial charge < -0.3 is 11.1 Å². The van der Waals surface area contributed by atoms with Crippen LogP contribution in [0, 0.1) is 11.3 Å². The summed E-state index contributed by atoms with van der Waals surface area (Å²) in [6, 6.07) is 7.93. The van der Waals surface area contributed by atoms with E-state index in [1.54, 1.807) is 0 Å². The van der Waals surface area contributed by atoms with Crippen LogP contribution in [0.1, 0.15) is 58.7 Å². The fourth-order valence-corrected chi connectivity index (χ4v) is 2.19. The first-order valence-corrected chi connectivity index (χ1v) is 7.76. The zero-order valence-electron chi connectivity index (χ0n) is 14.2. The molecule has 0 aliphatic rings. The van der Waals surface area contributed by atoms with Gasteiger partial charge in [0.2, 0.25) is 5.91 Å². The summed E-state index contributed by atoms with van der Waals surface area (Å²) in [5.74, 6) is 0.555. The Morgan fingerprint density at radius 2 is 1.67 bits per heavy atom. The van der Waals surface area contributed by atoms with Gasteiger partial charge in [0.1, 0.15) is 0 Å². The van der Waals surface area contributed by atoms with Gasteiger partial charge in [0, 0.05) is 0 Å². The highest BCUT2D eigenvalue weighted by atomic mass is 16.2. The van der Waals surface area contributed by atoms with Gasteiger partial charge in [-0.25, -0.2) is 0 Å². The molecule has 0 bridgehead atoms. The topological polar surface area (TPSA) is 55.1 Å². The third kappa shape index (κ3) is 5.50. The number of nitrogens with two attached hydrogens (primary N) is 1. The molecule has 1 rings (SSSR count). The molecule has 1 aromatic carbocycles. The van der Waals surface area contributed by atoms with Gasteiger partial charge in [0.15, 0.2) is 0 Å². The van der Waals surface area contributed by atoms with Crippen molar-refractivity contribution in [2.24, 2.45) is 17.1 Å². The summed E-state index contributed by atoms with van der Waals surface area (Å²) in [5.41, 5.74) is 8.20. The van der Waals surface area contributed by atoms with Crippen molar-refractivity contribution < 1.29 is 4.79 Å². The third-order valence-electron chi connectivity index (χ3n) is 3.70. The van der Waals surface area contributed by atoms with E-state index in [0.29, 0.717) is 5.92 Å². The molecule has 0 aliphatic heterocycles. The second-order valence-electron chi connectivity index (χ2n) is 7.41. The first-order chi connectivity index (χ1) is 9.61. The van der Waals surface area contributed by atoms with E-state index < -0.39 is 6.04 Å². The highest BCUT2D eigenvalue weighted by Gasteiger charge is 2.28. The van der Waals surface area contributed by atoms with Crippen molar-refractivity contribution in [1.29, 1.82) is 0 Å². The van der Waals surface area contributed by atoms with Crippen LogP contribution in [0.15, 0.2) is 24.3 Å². The third-order valence-corrected chi connectivity index (χ3v) is 3.70. The first kappa shape index (κ1) is 17.7. The second-order valence-corrected chi connectivity index (χ2v) is 7.41. The van der Waals surface area contributed by atoms with Gasteiger partial charge in [-0.15, -0.1) is 0 Å². The average Bonchev–Trinajstić information content (AvgIpc) is 2.36. The lowest BCUT2D eigenvalue weighted by Gasteiger charge is -2.27. The maximum Gasteiger partial charge on any atom is 0.237 e. The van der Waals surface area contributed by atoms with Crippen LogP contribution in [0.5, 0.6) is 0 Å². The zero-order chi connectivity index (χ0) is 16.2. The Balaban J connectivity index is 2.67. The highest BCUT2D eigenvalue weighted by molar-refractivity contribution is 5.82. The van der Waals surface area contributed by atoms with Gasteiger partial charge >= 0.3 is 0 Å². The minimum Gasteiger partial charge on any atom is -0.348 e. The van der Waals surface area contributed by atoms with Gasteiger partial charge in [-0.1, -0.05) is 58.9 Å². The maximum absolute atomic E-state index is 12.1. The monoisotopic (exact) mass is 290 g/mol. The summed E-state index contributed by atoms with van der Waals surface area (Å²) in [4.78, 5) is 12.1. The summed E-state index contributed by atoms with van der Waals surface area (Å²) in [6.45, 7) is 12.3. The molecule has 3 nitrogen and oxygen atoms in total. The Bertz CT molecular complexity index is 457. The van der Waals surface area contributed by atoms with Crippen molar-refractivity contribution in [2.45, 2.75) is 60.0 Å². The van der Waals surface area contributed by atoms with Crippen LogP contribution in [0.2, 0.25) is 0 Å². The molecule has 118 valence electrons. The van der Waals surface area contributed by atoms with Gasteiger partial charge in [-0.05, 0) is 35.8 Å². The lowest BCUT2D eigenvalue weighted by atomic mass is 9.86. The fraction of sp³-hybridized carbons (Fsp3) is 0.611. The van der Waals surface area contributed by atoms with Gasteiger partial charge in [-0.2, -0.15) is 0 Å². The largest absolute Gasteiger partial charge is 0.348 e. The number of benzene rings is 1. The predicted molar refractivity (Wildman–Crippen MR) is 89.0 cm³/mol. The average molecular weight is 290 g/mol. The number of amides is 1. The normalized spacial score (nSPS) is 14.9. The Labute approximate surface area is 129 Å². The molecule has 0 aliphatic carbocycles. The van der Waals surface area contributed by atoms with Crippen molar-refractivity contribution >= 4 is 5.91 Å². The van der Waals surface area contributed by atoms with E-state index in [-0.39, 0.29) is 17.4 Å². The smallest absolute Gasteiger partial charge is 0.237 e. The lowest BCUT2D eigenvalue weighted by Crippen LogP contribution is -2.49. The number of hydrogen-bond donors (Lipinski definition) is 2. The van der Waals surface area contributed by atoms with Gasteiger partial charge in [0.25, 0.3) is 0 Å². The Morgan fingerprint density at radius 1 is 1.14 bits per heavy atom. The highest BCUT2D eigenvalue weighted by Crippen LogP contribution is 2.20. The molecule has 0 saturated carbocycles. The van der Waals surface area contributed by atoms with Crippen molar-refractivity contribution in [3.05, 3.63) is 35.4 Å². The van der Waals surface area contributed by atoms with Crippen LogP contribution in [-0.4, -0.2) is 11.9 Å². The van der Waals surface area contributed by atoms with E-state index in [9.17, 15) is 4.79 Å². The van der Waals surface area contributed by atoms with E-state index in [0.717, 1.165) is 12.0 Å². The molecule has 0 fully saturated rings. The standard InChI is InChI=1S/C18H30N2O/c1-12(2)11-14-7-9-15(10-8-14)13(3)20-17(21)16(19)18(4,5)6/h7-10,12-13,16H,11,19H2,1-6H3,(H,20,21)/t13?,16-/m0/s1. The van der Waals surface area contributed by atoms with Crippen LogP contribution in [0.3, 0.4) is 0 Å². The molecule has 2 atom stereocenters. The molecule has 0 saturated heterocycles. The Hall–Kier alpha value is -1.35. The van der Waals surface area contributed by atoms with Crippen LogP contribution >= 0.6 is 0 Å². The van der Waals surface area contributed by atoms with Gasteiger partial charge in [-0.3, -0.25) is 4.79 Å². The SMILES string of the molecule is CC(C)Cc1ccc(C(C)NC(=O)[C@H](N)C(C)(C)C)cc1. The van der Waals surface area contributed by atoms with Gasteiger partial charge in [0.05, 0.1) is 12.1 Å². The van der Waals surface area contributed by atoms with Crippen LogP contribution in [0.25, 0.3) is 0 Å². The van der Waals surface area contributed by atoms with Crippen LogP contribution in [0.4, 0.5) is 0 Å². The second kappa shape index (κ2) is 7.08. The first-order valence-electron chi connectivity index (χ1n) is 7.76. The lowest BCUT2D eigenvalue weighted by molar-refractivity contribution is -0.125. The molecule has 1 unspecified atom stereocenters. The van der Waals surface area contributed by atoms with E-state index >= 15 is 0 Å². The number of hydrogen-bond acceptors (Lipinski definition) is 2. The molecule has 1 amide bonds. The number of carbonyl (C=O) groups excluding carboxylic acids is 1. The summed E-state index contributed by atoms with van der Waals surface area (Å²) < 4.78 is 0. The summed E-state index contributed by atoms with van der Waals surface area (Å²) in [7, 11) is 0. The molecule has 0 radical (unpaired) electrons. The summed E-state index contributed by atoms with van der Waals surface area (Å²) >= 11 is 0. The molecule has 0 heterocycles. The molecule has 3 heteroatoms.